The van der Waals surface area contributed by atoms with Gasteiger partial charge in [0.25, 0.3) is 0 Å². The largest absolute Gasteiger partial charge is 0.392 e. The topological polar surface area (TPSA) is 64.0 Å². The first-order chi connectivity index (χ1) is 8.99. The van der Waals surface area contributed by atoms with Gasteiger partial charge in [-0.1, -0.05) is 11.8 Å². The maximum atomic E-state index is 11.4. The van der Waals surface area contributed by atoms with Gasteiger partial charge < -0.3 is 15.1 Å². The van der Waals surface area contributed by atoms with E-state index in [9.17, 15) is 15.0 Å². The van der Waals surface area contributed by atoms with Crippen LogP contribution in [-0.4, -0.2) is 70.9 Å². The van der Waals surface area contributed by atoms with Gasteiger partial charge >= 0.3 is 0 Å². The van der Waals surface area contributed by atoms with Crippen LogP contribution >= 0.6 is 0 Å². The summed E-state index contributed by atoms with van der Waals surface area (Å²) in [5.74, 6) is 6.17. The van der Waals surface area contributed by atoms with Gasteiger partial charge in [-0.15, -0.1) is 0 Å². The first-order valence-corrected chi connectivity index (χ1v) is 6.81. The van der Waals surface area contributed by atoms with E-state index in [1.54, 1.807) is 18.7 Å². The third-order valence-corrected chi connectivity index (χ3v) is 2.91. The van der Waals surface area contributed by atoms with Crippen molar-refractivity contribution >= 4 is 5.91 Å². The van der Waals surface area contributed by atoms with Crippen molar-refractivity contribution in [3.05, 3.63) is 0 Å². The molecule has 2 unspecified atom stereocenters. The highest BCUT2D eigenvalue weighted by Crippen LogP contribution is 2.07. The lowest BCUT2D eigenvalue weighted by Gasteiger charge is -2.22. The molecule has 1 saturated heterocycles. The van der Waals surface area contributed by atoms with E-state index in [4.69, 9.17) is 0 Å². The molecule has 1 heterocycles. The lowest BCUT2D eigenvalue weighted by Crippen LogP contribution is -2.36. The van der Waals surface area contributed by atoms with Crippen molar-refractivity contribution in [2.45, 2.75) is 38.9 Å². The smallest absolute Gasteiger partial charge is 0.223 e. The minimum Gasteiger partial charge on any atom is -0.392 e. The molecule has 2 atom stereocenters. The average molecular weight is 268 g/mol. The van der Waals surface area contributed by atoms with Crippen molar-refractivity contribution in [3.63, 3.8) is 0 Å². The average Bonchev–Trinajstić information content (AvgIpc) is 2.68. The Bertz CT molecular complexity index is 334. The highest BCUT2D eigenvalue weighted by atomic mass is 16.3. The van der Waals surface area contributed by atoms with Gasteiger partial charge in [0.1, 0.15) is 0 Å². The fraction of sp³-hybridized carbons (Fsp3) is 0.786. The second-order valence-electron chi connectivity index (χ2n) is 5.16. The maximum absolute atomic E-state index is 11.4. The molecule has 0 aromatic heterocycles. The molecule has 0 spiro atoms. The van der Waals surface area contributed by atoms with Crippen LogP contribution in [0.3, 0.4) is 0 Å². The molecule has 1 aliphatic rings. The number of aliphatic hydroxyl groups is 2. The summed E-state index contributed by atoms with van der Waals surface area (Å²) in [5.41, 5.74) is 0. The Morgan fingerprint density at radius 3 is 2.37 bits per heavy atom. The van der Waals surface area contributed by atoms with Crippen molar-refractivity contribution in [1.29, 1.82) is 0 Å². The second kappa shape index (κ2) is 8.16. The Labute approximate surface area is 115 Å². The number of likely N-dealkylation sites (tertiary alicyclic amines) is 1. The van der Waals surface area contributed by atoms with E-state index in [-0.39, 0.29) is 5.91 Å². The first-order valence-electron chi connectivity index (χ1n) is 6.81. The van der Waals surface area contributed by atoms with E-state index in [0.29, 0.717) is 32.6 Å². The summed E-state index contributed by atoms with van der Waals surface area (Å²) in [7, 11) is 0. The van der Waals surface area contributed by atoms with Crippen LogP contribution in [0.5, 0.6) is 0 Å². The van der Waals surface area contributed by atoms with Crippen LogP contribution in [0.4, 0.5) is 0 Å². The molecule has 1 aliphatic heterocycles. The van der Waals surface area contributed by atoms with Gasteiger partial charge in [-0.25, -0.2) is 0 Å². The molecule has 2 N–H and O–H groups in total. The molecule has 5 heteroatoms. The highest BCUT2D eigenvalue weighted by Gasteiger charge is 2.18. The van der Waals surface area contributed by atoms with Crippen LogP contribution in [-0.2, 0) is 4.79 Å². The van der Waals surface area contributed by atoms with E-state index >= 15 is 0 Å². The molecule has 0 aromatic carbocycles. The maximum Gasteiger partial charge on any atom is 0.223 e. The van der Waals surface area contributed by atoms with Crippen molar-refractivity contribution in [2.75, 3.05) is 32.7 Å². The monoisotopic (exact) mass is 268 g/mol. The molecule has 0 radical (unpaired) electrons. The van der Waals surface area contributed by atoms with Crippen LogP contribution in [0.2, 0.25) is 0 Å². The predicted octanol–water partition coefficient (Wildman–Crippen LogP) is -0.324. The Morgan fingerprint density at radius 2 is 1.89 bits per heavy atom. The Hall–Kier alpha value is -1.09. The van der Waals surface area contributed by atoms with E-state index in [0.717, 1.165) is 13.0 Å². The standard InChI is InChI=1S/C14H24N2O3/c1-12(17)10-15(11-13(2)18)7-3-4-8-16-9-5-6-14(16)19/h12-13,17-18H,5-11H2,1-2H3. The number of hydrogen-bond donors (Lipinski definition) is 2. The Kier molecular flexibility index (Phi) is 6.85. The zero-order chi connectivity index (χ0) is 14.3. The van der Waals surface area contributed by atoms with Gasteiger partial charge in [-0.05, 0) is 20.3 Å². The number of rotatable bonds is 6. The quantitative estimate of drug-likeness (QED) is 0.648. The number of nitrogens with zero attached hydrogens (tertiary/aromatic N) is 2. The SMILES string of the molecule is CC(O)CN(CC#CCN1CCCC1=O)CC(C)O. The molecular formula is C14H24N2O3. The molecule has 1 amide bonds. The Morgan fingerprint density at radius 1 is 1.26 bits per heavy atom. The fourth-order valence-corrected chi connectivity index (χ4v) is 2.14. The van der Waals surface area contributed by atoms with E-state index in [2.05, 4.69) is 11.8 Å². The minimum atomic E-state index is -0.444. The number of aliphatic hydroxyl groups excluding tert-OH is 2. The van der Waals surface area contributed by atoms with Crippen LogP contribution in [0, 0.1) is 11.8 Å². The van der Waals surface area contributed by atoms with Gasteiger partial charge in [0.05, 0.1) is 25.3 Å². The third kappa shape index (κ3) is 6.58. The van der Waals surface area contributed by atoms with Crippen LogP contribution in [0.15, 0.2) is 0 Å². The summed E-state index contributed by atoms with van der Waals surface area (Å²) < 4.78 is 0. The summed E-state index contributed by atoms with van der Waals surface area (Å²) >= 11 is 0. The zero-order valence-electron chi connectivity index (χ0n) is 11.8. The summed E-state index contributed by atoms with van der Waals surface area (Å²) in [6, 6.07) is 0. The van der Waals surface area contributed by atoms with Crippen LogP contribution in [0.25, 0.3) is 0 Å². The van der Waals surface area contributed by atoms with Gasteiger partial charge in [0.2, 0.25) is 5.91 Å². The molecule has 19 heavy (non-hydrogen) atoms. The first kappa shape index (κ1) is 16.0. The van der Waals surface area contributed by atoms with Gasteiger partial charge in [-0.2, -0.15) is 0 Å². The van der Waals surface area contributed by atoms with Crippen molar-refractivity contribution < 1.29 is 15.0 Å². The van der Waals surface area contributed by atoms with E-state index in [1.165, 1.54) is 0 Å². The van der Waals surface area contributed by atoms with Crippen molar-refractivity contribution in [3.8, 4) is 11.8 Å². The van der Waals surface area contributed by atoms with E-state index < -0.39 is 12.2 Å². The molecule has 0 aromatic rings. The molecule has 5 nitrogen and oxygen atoms in total. The van der Waals surface area contributed by atoms with Gasteiger partial charge in [0.15, 0.2) is 0 Å². The Balaban J connectivity index is 2.35. The minimum absolute atomic E-state index is 0.180. The molecule has 1 fully saturated rings. The third-order valence-electron chi connectivity index (χ3n) is 2.91. The fourth-order valence-electron chi connectivity index (χ4n) is 2.14. The molecule has 0 bridgehead atoms. The summed E-state index contributed by atoms with van der Waals surface area (Å²) in [5, 5.41) is 18.8. The summed E-state index contributed by atoms with van der Waals surface area (Å²) in [6.45, 7) is 6.19. The molecule has 1 rings (SSSR count). The number of carbonyl (C=O) groups is 1. The normalized spacial score (nSPS) is 18.4. The van der Waals surface area contributed by atoms with Crippen molar-refractivity contribution in [1.82, 2.24) is 9.80 Å². The lowest BCUT2D eigenvalue weighted by molar-refractivity contribution is -0.127. The molecular weight excluding hydrogens is 244 g/mol. The molecule has 0 aliphatic carbocycles. The zero-order valence-corrected chi connectivity index (χ0v) is 11.8. The second-order valence-corrected chi connectivity index (χ2v) is 5.16. The molecule has 0 saturated carbocycles. The number of carbonyl (C=O) groups excluding carboxylic acids is 1. The summed E-state index contributed by atoms with van der Waals surface area (Å²) in [4.78, 5) is 15.1. The molecule has 108 valence electrons. The van der Waals surface area contributed by atoms with Crippen molar-refractivity contribution in [2.24, 2.45) is 0 Å². The highest BCUT2D eigenvalue weighted by molar-refractivity contribution is 5.78. The van der Waals surface area contributed by atoms with Gasteiger partial charge in [-0.3, -0.25) is 9.69 Å². The van der Waals surface area contributed by atoms with E-state index in [1.807, 2.05) is 4.90 Å². The van der Waals surface area contributed by atoms with Crippen LogP contribution in [0.1, 0.15) is 26.7 Å². The number of hydrogen-bond acceptors (Lipinski definition) is 4. The lowest BCUT2D eigenvalue weighted by atomic mass is 10.3. The summed E-state index contributed by atoms with van der Waals surface area (Å²) in [6.07, 6.45) is 0.676. The predicted molar refractivity (Wildman–Crippen MR) is 73.4 cm³/mol. The van der Waals surface area contributed by atoms with Gasteiger partial charge in [0, 0.05) is 26.1 Å². The number of amides is 1. The van der Waals surface area contributed by atoms with Crippen LogP contribution < -0.4 is 0 Å².